The van der Waals surface area contributed by atoms with E-state index in [0.717, 1.165) is 17.0 Å². The van der Waals surface area contributed by atoms with Crippen molar-refractivity contribution in [2.45, 2.75) is 39.8 Å². The summed E-state index contributed by atoms with van der Waals surface area (Å²) in [5.41, 5.74) is 4.37. The molecule has 4 heteroatoms. The van der Waals surface area contributed by atoms with Crippen molar-refractivity contribution in [2.75, 3.05) is 0 Å². The normalized spacial score (nSPS) is 14.3. The number of nitrogens with one attached hydrogen (secondary N) is 1. The van der Waals surface area contributed by atoms with Gasteiger partial charge in [-0.15, -0.1) is 0 Å². The SMILES string of the molecule is Cc1nn(C)c(C)c1C(C)NC(C)c1cccc(F)c1. The van der Waals surface area contributed by atoms with Crippen LogP contribution in [0, 0.1) is 19.7 Å². The van der Waals surface area contributed by atoms with Gasteiger partial charge in [0, 0.05) is 30.4 Å². The highest BCUT2D eigenvalue weighted by atomic mass is 19.1. The van der Waals surface area contributed by atoms with Crippen LogP contribution in [-0.2, 0) is 7.05 Å². The molecule has 0 aliphatic heterocycles. The van der Waals surface area contributed by atoms with Crippen LogP contribution in [0.4, 0.5) is 4.39 Å². The van der Waals surface area contributed by atoms with Gasteiger partial charge in [0.05, 0.1) is 5.69 Å². The van der Waals surface area contributed by atoms with Crippen LogP contribution in [0.2, 0.25) is 0 Å². The van der Waals surface area contributed by atoms with Gasteiger partial charge in [-0.3, -0.25) is 4.68 Å². The molecule has 0 saturated heterocycles. The van der Waals surface area contributed by atoms with E-state index in [9.17, 15) is 4.39 Å². The molecule has 1 aromatic heterocycles. The standard InChI is InChI=1S/C16H22FN3/c1-10(14-7-6-8-15(17)9-14)18-11(2)16-12(3)19-20(5)13(16)4/h6-11,18H,1-5H3. The first-order valence-electron chi connectivity index (χ1n) is 6.91. The lowest BCUT2D eigenvalue weighted by Gasteiger charge is -2.21. The summed E-state index contributed by atoms with van der Waals surface area (Å²) in [5, 5.41) is 7.96. The number of nitrogens with zero attached hydrogens (tertiary/aromatic N) is 2. The van der Waals surface area contributed by atoms with Gasteiger partial charge < -0.3 is 5.32 Å². The van der Waals surface area contributed by atoms with E-state index in [2.05, 4.69) is 24.3 Å². The maximum Gasteiger partial charge on any atom is 0.123 e. The van der Waals surface area contributed by atoms with E-state index in [1.54, 1.807) is 12.1 Å². The Morgan fingerprint density at radius 2 is 1.90 bits per heavy atom. The van der Waals surface area contributed by atoms with Crippen LogP contribution < -0.4 is 5.32 Å². The van der Waals surface area contributed by atoms with E-state index >= 15 is 0 Å². The van der Waals surface area contributed by atoms with Crippen LogP contribution in [0.5, 0.6) is 0 Å². The second kappa shape index (κ2) is 5.75. The van der Waals surface area contributed by atoms with E-state index in [-0.39, 0.29) is 17.9 Å². The molecule has 0 aliphatic rings. The zero-order valence-electron chi connectivity index (χ0n) is 12.7. The summed E-state index contributed by atoms with van der Waals surface area (Å²) in [7, 11) is 1.95. The summed E-state index contributed by atoms with van der Waals surface area (Å²) in [6.45, 7) is 8.26. The van der Waals surface area contributed by atoms with Crippen molar-refractivity contribution >= 4 is 0 Å². The molecule has 3 nitrogen and oxygen atoms in total. The minimum Gasteiger partial charge on any atom is -0.304 e. The van der Waals surface area contributed by atoms with Crippen molar-refractivity contribution in [1.82, 2.24) is 15.1 Å². The first-order chi connectivity index (χ1) is 9.40. The molecule has 1 N–H and O–H groups in total. The van der Waals surface area contributed by atoms with E-state index in [1.165, 1.54) is 11.6 Å². The van der Waals surface area contributed by atoms with Gasteiger partial charge in [-0.1, -0.05) is 12.1 Å². The van der Waals surface area contributed by atoms with Gasteiger partial charge in [0.15, 0.2) is 0 Å². The van der Waals surface area contributed by atoms with Crippen LogP contribution in [0.1, 0.15) is 48.4 Å². The number of benzene rings is 1. The third-order valence-corrected chi connectivity index (χ3v) is 3.85. The Labute approximate surface area is 119 Å². The average molecular weight is 275 g/mol. The molecular weight excluding hydrogens is 253 g/mol. The largest absolute Gasteiger partial charge is 0.304 e. The maximum atomic E-state index is 13.3. The Hall–Kier alpha value is -1.68. The van der Waals surface area contributed by atoms with Gasteiger partial charge in [-0.25, -0.2) is 4.39 Å². The molecule has 20 heavy (non-hydrogen) atoms. The smallest absolute Gasteiger partial charge is 0.123 e. The first-order valence-corrected chi connectivity index (χ1v) is 6.91. The Morgan fingerprint density at radius 1 is 1.20 bits per heavy atom. The molecule has 2 atom stereocenters. The third-order valence-electron chi connectivity index (χ3n) is 3.85. The topological polar surface area (TPSA) is 29.9 Å². The van der Waals surface area contributed by atoms with Gasteiger partial charge >= 0.3 is 0 Å². The Bertz CT molecular complexity index is 604. The highest BCUT2D eigenvalue weighted by Gasteiger charge is 2.18. The number of rotatable bonds is 4. The Balaban J connectivity index is 2.17. The maximum absolute atomic E-state index is 13.3. The highest BCUT2D eigenvalue weighted by molar-refractivity contribution is 5.28. The quantitative estimate of drug-likeness (QED) is 0.924. The summed E-state index contributed by atoms with van der Waals surface area (Å²) in [6, 6.07) is 6.98. The molecular formula is C16H22FN3. The molecule has 0 amide bonds. The summed E-state index contributed by atoms with van der Waals surface area (Å²) >= 11 is 0. The minimum atomic E-state index is -0.197. The fourth-order valence-corrected chi connectivity index (χ4v) is 2.75. The fourth-order valence-electron chi connectivity index (χ4n) is 2.75. The van der Waals surface area contributed by atoms with E-state index in [0.29, 0.717) is 0 Å². The first kappa shape index (κ1) is 14.7. The molecule has 2 rings (SSSR count). The zero-order chi connectivity index (χ0) is 14.9. The van der Waals surface area contributed by atoms with Crippen LogP contribution in [0.15, 0.2) is 24.3 Å². The van der Waals surface area contributed by atoms with Crippen LogP contribution in [-0.4, -0.2) is 9.78 Å². The molecule has 0 radical (unpaired) electrons. The van der Waals surface area contributed by atoms with Gasteiger partial charge in [0.25, 0.3) is 0 Å². The number of aromatic nitrogens is 2. The monoisotopic (exact) mass is 275 g/mol. The second-order valence-corrected chi connectivity index (χ2v) is 5.37. The van der Waals surface area contributed by atoms with Crippen molar-refractivity contribution in [3.63, 3.8) is 0 Å². The molecule has 0 fully saturated rings. The van der Waals surface area contributed by atoms with Crippen molar-refractivity contribution < 1.29 is 4.39 Å². The molecule has 2 aromatic rings. The van der Waals surface area contributed by atoms with E-state index in [4.69, 9.17) is 0 Å². The van der Waals surface area contributed by atoms with Gasteiger partial charge in [-0.05, 0) is 45.4 Å². The molecule has 108 valence electrons. The number of hydrogen-bond donors (Lipinski definition) is 1. The molecule has 0 spiro atoms. The fraction of sp³-hybridized carbons (Fsp3) is 0.438. The second-order valence-electron chi connectivity index (χ2n) is 5.37. The summed E-state index contributed by atoms with van der Waals surface area (Å²) < 4.78 is 15.2. The van der Waals surface area contributed by atoms with Crippen molar-refractivity contribution in [3.8, 4) is 0 Å². The lowest BCUT2D eigenvalue weighted by molar-refractivity contribution is 0.488. The van der Waals surface area contributed by atoms with Crippen LogP contribution in [0.3, 0.4) is 0 Å². The van der Waals surface area contributed by atoms with Gasteiger partial charge in [0.1, 0.15) is 5.82 Å². The summed E-state index contributed by atoms with van der Waals surface area (Å²) in [5.74, 6) is -0.197. The predicted octanol–water partition coefficient (Wildman–Crippen LogP) is 3.59. The minimum absolute atomic E-state index is 0.0831. The van der Waals surface area contributed by atoms with E-state index in [1.807, 2.05) is 31.6 Å². The van der Waals surface area contributed by atoms with E-state index < -0.39 is 0 Å². The molecule has 2 unspecified atom stereocenters. The summed E-state index contributed by atoms with van der Waals surface area (Å²) in [4.78, 5) is 0. The number of halogens is 1. The molecule has 0 saturated carbocycles. The predicted molar refractivity (Wildman–Crippen MR) is 79.0 cm³/mol. The van der Waals surface area contributed by atoms with Crippen molar-refractivity contribution in [1.29, 1.82) is 0 Å². The van der Waals surface area contributed by atoms with Gasteiger partial charge in [-0.2, -0.15) is 5.10 Å². The Morgan fingerprint density at radius 3 is 2.45 bits per heavy atom. The van der Waals surface area contributed by atoms with Gasteiger partial charge in [0.2, 0.25) is 0 Å². The van der Waals surface area contributed by atoms with Crippen LogP contribution >= 0.6 is 0 Å². The number of aryl methyl sites for hydroxylation is 2. The highest BCUT2D eigenvalue weighted by Crippen LogP contribution is 2.24. The van der Waals surface area contributed by atoms with Crippen molar-refractivity contribution in [3.05, 3.63) is 52.6 Å². The average Bonchev–Trinajstić information content (AvgIpc) is 2.63. The Kier molecular flexibility index (Phi) is 4.23. The number of hydrogen-bond acceptors (Lipinski definition) is 2. The third kappa shape index (κ3) is 2.90. The molecule has 0 bridgehead atoms. The lowest BCUT2D eigenvalue weighted by Crippen LogP contribution is -2.23. The molecule has 1 heterocycles. The zero-order valence-corrected chi connectivity index (χ0v) is 12.7. The molecule has 0 aliphatic carbocycles. The van der Waals surface area contributed by atoms with Crippen LogP contribution in [0.25, 0.3) is 0 Å². The summed E-state index contributed by atoms with van der Waals surface area (Å²) in [6.07, 6.45) is 0. The molecule has 1 aromatic carbocycles. The lowest BCUT2D eigenvalue weighted by atomic mass is 10.0. The van der Waals surface area contributed by atoms with Crippen molar-refractivity contribution in [2.24, 2.45) is 7.05 Å².